The summed E-state index contributed by atoms with van der Waals surface area (Å²) in [5.41, 5.74) is 4.01. The monoisotopic (exact) mass is 426 g/mol. The molecule has 2 aromatic carbocycles. The van der Waals surface area contributed by atoms with Crippen molar-refractivity contribution in [1.29, 1.82) is 0 Å². The van der Waals surface area contributed by atoms with Gasteiger partial charge in [0.15, 0.2) is 11.5 Å². The largest absolute Gasteiger partial charge is 0.493 e. The van der Waals surface area contributed by atoms with Gasteiger partial charge in [0.05, 0.1) is 18.4 Å². The number of nitrogens with zero attached hydrogens (tertiary/aromatic N) is 1. The maximum absolute atomic E-state index is 12.3. The van der Waals surface area contributed by atoms with Crippen molar-refractivity contribution in [2.45, 2.75) is 27.4 Å². The lowest BCUT2D eigenvalue weighted by molar-refractivity contribution is -0.111. The minimum absolute atomic E-state index is 0.252. The zero-order valence-corrected chi connectivity index (χ0v) is 18.0. The molecule has 0 saturated carbocycles. The maximum Gasteiger partial charge on any atom is 0.248 e. The third kappa shape index (κ3) is 5.02. The van der Waals surface area contributed by atoms with Crippen molar-refractivity contribution in [3.05, 3.63) is 75.6 Å². The SMILES string of the molecule is COc1cc(/C=C/C(=O)Nc2cccc(Cl)c2C)ccc1OCc1c(C)noc1C. The van der Waals surface area contributed by atoms with Gasteiger partial charge in [0.2, 0.25) is 5.91 Å². The molecule has 0 unspecified atom stereocenters. The van der Waals surface area contributed by atoms with E-state index in [-0.39, 0.29) is 5.91 Å². The zero-order valence-electron chi connectivity index (χ0n) is 17.3. The Bertz CT molecular complexity index is 1070. The van der Waals surface area contributed by atoms with Crippen molar-refractivity contribution < 1.29 is 18.8 Å². The molecule has 0 aliphatic rings. The standard InChI is InChI=1S/C23H23ClN2O4/c1-14-19(24)6-5-7-20(14)25-23(27)11-9-17-8-10-21(22(12-17)28-4)29-13-18-15(2)26-30-16(18)3/h5-12H,13H2,1-4H3,(H,25,27)/b11-9+. The van der Waals surface area contributed by atoms with E-state index in [4.69, 9.17) is 25.6 Å². The summed E-state index contributed by atoms with van der Waals surface area (Å²) in [6, 6.07) is 10.8. The number of benzene rings is 2. The molecule has 0 saturated heterocycles. The van der Waals surface area contributed by atoms with E-state index < -0.39 is 0 Å². The first-order valence-electron chi connectivity index (χ1n) is 9.35. The summed E-state index contributed by atoms with van der Waals surface area (Å²) in [5.74, 6) is 1.63. The molecular weight excluding hydrogens is 404 g/mol. The Morgan fingerprint density at radius 3 is 2.70 bits per heavy atom. The minimum Gasteiger partial charge on any atom is -0.493 e. The normalized spacial score (nSPS) is 11.0. The molecule has 30 heavy (non-hydrogen) atoms. The number of nitrogens with one attached hydrogen (secondary N) is 1. The first-order valence-corrected chi connectivity index (χ1v) is 9.73. The summed E-state index contributed by atoms with van der Waals surface area (Å²) >= 11 is 6.09. The van der Waals surface area contributed by atoms with Gasteiger partial charge in [0.1, 0.15) is 12.4 Å². The minimum atomic E-state index is -0.252. The van der Waals surface area contributed by atoms with Crippen LogP contribution in [0.25, 0.3) is 6.08 Å². The molecule has 3 aromatic rings. The van der Waals surface area contributed by atoms with Crippen LogP contribution in [0.3, 0.4) is 0 Å². The van der Waals surface area contributed by atoms with Crippen molar-refractivity contribution in [3.63, 3.8) is 0 Å². The molecule has 0 aliphatic heterocycles. The number of hydrogen-bond acceptors (Lipinski definition) is 5. The molecule has 0 fully saturated rings. The van der Waals surface area contributed by atoms with E-state index in [1.807, 2.05) is 26.8 Å². The van der Waals surface area contributed by atoms with Crippen molar-refractivity contribution in [2.75, 3.05) is 12.4 Å². The van der Waals surface area contributed by atoms with Crippen LogP contribution in [0.4, 0.5) is 5.69 Å². The number of halogens is 1. The predicted molar refractivity (Wildman–Crippen MR) is 117 cm³/mol. The zero-order chi connectivity index (χ0) is 21.7. The van der Waals surface area contributed by atoms with Crippen LogP contribution < -0.4 is 14.8 Å². The average Bonchev–Trinajstić information content (AvgIpc) is 3.06. The first-order chi connectivity index (χ1) is 14.4. The molecule has 7 heteroatoms. The van der Waals surface area contributed by atoms with Gasteiger partial charge in [-0.15, -0.1) is 0 Å². The lowest BCUT2D eigenvalue weighted by Crippen LogP contribution is -2.09. The van der Waals surface area contributed by atoms with E-state index >= 15 is 0 Å². The van der Waals surface area contributed by atoms with Crippen molar-refractivity contribution in [3.8, 4) is 11.5 Å². The summed E-state index contributed by atoms with van der Waals surface area (Å²) in [7, 11) is 1.57. The summed E-state index contributed by atoms with van der Waals surface area (Å²) in [6.45, 7) is 5.90. The second kappa shape index (κ2) is 9.50. The molecule has 6 nitrogen and oxygen atoms in total. The van der Waals surface area contributed by atoms with Crippen LogP contribution in [0.15, 0.2) is 47.0 Å². The Kier molecular flexibility index (Phi) is 6.79. The number of ether oxygens (including phenoxy) is 2. The third-order valence-electron chi connectivity index (χ3n) is 4.69. The van der Waals surface area contributed by atoms with Gasteiger partial charge in [-0.25, -0.2) is 0 Å². The smallest absolute Gasteiger partial charge is 0.248 e. The fraction of sp³-hybridized carbons (Fsp3) is 0.217. The van der Waals surface area contributed by atoms with E-state index in [0.29, 0.717) is 28.8 Å². The van der Waals surface area contributed by atoms with Crippen molar-refractivity contribution in [1.82, 2.24) is 5.16 Å². The first kappa shape index (κ1) is 21.5. The second-order valence-electron chi connectivity index (χ2n) is 6.74. The number of methoxy groups -OCH3 is 1. The van der Waals surface area contributed by atoms with Crippen LogP contribution in [-0.2, 0) is 11.4 Å². The van der Waals surface area contributed by atoms with E-state index in [2.05, 4.69) is 10.5 Å². The Balaban J connectivity index is 1.68. The number of hydrogen-bond donors (Lipinski definition) is 1. The van der Waals surface area contributed by atoms with Gasteiger partial charge >= 0.3 is 0 Å². The number of carbonyl (C=O) groups excluding carboxylic acids is 1. The Labute approximate surface area is 180 Å². The molecule has 156 valence electrons. The highest BCUT2D eigenvalue weighted by Gasteiger charge is 2.12. The Morgan fingerprint density at radius 1 is 1.20 bits per heavy atom. The molecule has 0 aliphatic carbocycles. The highest BCUT2D eigenvalue weighted by Crippen LogP contribution is 2.30. The van der Waals surface area contributed by atoms with Crippen molar-refractivity contribution >= 4 is 29.3 Å². The highest BCUT2D eigenvalue weighted by molar-refractivity contribution is 6.31. The number of aromatic nitrogens is 1. The van der Waals surface area contributed by atoms with Gasteiger partial charge < -0.3 is 19.3 Å². The molecule has 1 aromatic heterocycles. The second-order valence-corrected chi connectivity index (χ2v) is 7.14. The molecule has 0 radical (unpaired) electrons. The number of aryl methyl sites for hydroxylation is 2. The van der Waals surface area contributed by atoms with Crippen LogP contribution in [0, 0.1) is 20.8 Å². The molecular formula is C23H23ClN2O4. The molecule has 0 spiro atoms. The number of rotatable bonds is 7. The summed E-state index contributed by atoms with van der Waals surface area (Å²) in [5, 5.41) is 7.36. The fourth-order valence-corrected chi connectivity index (χ4v) is 3.03. The Morgan fingerprint density at radius 2 is 2.00 bits per heavy atom. The van der Waals surface area contributed by atoms with Gasteiger partial charge in [-0.2, -0.15) is 0 Å². The van der Waals surface area contributed by atoms with E-state index in [0.717, 1.165) is 28.1 Å². The van der Waals surface area contributed by atoms with Gasteiger partial charge in [0.25, 0.3) is 0 Å². The predicted octanol–water partition coefficient (Wildman–Crippen LogP) is 5.49. The molecule has 1 heterocycles. The Hall–Kier alpha value is -3.25. The van der Waals surface area contributed by atoms with Gasteiger partial charge in [-0.05, 0) is 62.2 Å². The summed E-state index contributed by atoms with van der Waals surface area (Å²) in [6.07, 6.45) is 3.16. The topological polar surface area (TPSA) is 73.6 Å². The maximum atomic E-state index is 12.3. The summed E-state index contributed by atoms with van der Waals surface area (Å²) in [4.78, 5) is 12.3. The quantitative estimate of drug-likeness (QED) is 0.505. The lowest BCUT2D eigenvalue weighted by atomic mass is 10.1. The number of anilines is 1. The van der Waals surface area contributed by atoms with E-state index in [1.165, 1.54) is 6.08 Å². The molecule has 1 N–H and O–H groups in total. The van der Waals surface area contributed by atoms with E-state index in [1.54, 1.807) is 43.5 Å². The molecule has 3 rings (SSSR count). The lowest BCUT2D eigenvalue weighted by Gasteiger charge is -2.11. The highest BCUT2D eigenvalue weighted by atomic mass is 35.5. The summed E-state index contributed by atoms with van der Waals surface area (Å²) < 4.78 is 16.5. The van der Waals surface area contributed by atoms with Gasteiger partial charge in [-0.3, -0.25) is 4.79 Å². The molecule has 0 atom stereocenters. The third-order valence-corrected chi connectivity index (χ3v) is 5.10. The van der Waals surface area contributed by atoms with Crippen molar-refractivity contribution in [2.24, 2.45) is 0 Å². The van der Waals surface area contributed by atoms with Gasteiger partial charge in [0, 0.05) is 16.8 Å². The number of carbonyl (C=O) groups is 1. The number of amides is 1. The van der Waals surface area contributed by atoms with Gasteiger partial charge in [-0.1, -0.05) is 28.9 Å². The molecule has 1 amide bonds. The van der Waals surface area contributed by atoms with Crippen LogP contribution in [-0.4, -0.2) is 18.2 Å². The van der Waals surface area contributed by atoms with E-state index in [9.17, 15) is 4.79 Å². The average molecular weight is 427 g/mol. The molecule has 0 bridgehead atoms. The fourth-order valence-electron chi connectivity index (χ4n) is 2.85. The van der Waals surface area contributed by atoms with Crippen LogP contribution in [0.2, 0.25) is 5.02 Å². The van der Waals surface area contributed by atoms with Crippen LogP contribution >= 0.6 is 11.6 Å². The van der Waals surface area contributed by atoms with Crippen LogP contribution in [0.5, 0.6) is 11.5 Å². The van der Waals surface area contributed by atoms with Crippen LogP contribution in [0.1, 0.15) is 28.1 Å².